The highest BCUT2D eigenvalue weighted by Gasteiger charge is 2.26. The number of hydrogen-bond donors (Lipinski definition) is 1. The van der Waals surface area contributed by atoms with Gasteiger partial charge in [0.1, 0.15) is 0 Å². The molecule has 98 valence electrons. The summed E-state index contributed by atoms with van der Waals surface area (Å²) in [6.45, 7) is 0.803. The Morgan fingerprint density at radius 3 is 2.76 bits per heavy atom. The second-order valence-electron chi connectivity index (χ2n) is 4.41. The van der Waals surface area contributed by atoms with Crippen molar-refractivity contribution in [2.45, 2.75) is 44.6 Å². The van der Waals surface area contributed by atoms with Gasteiger partial charge in [0, 0.05) is 31.2 Å². The lowest BCUT2D eigenvalue weighted by molar-refractivity contribution is -0.140. The second kappa shape index (κ2) is 7.58. The molecular weight excluding hydrogens is 238 g/mol. The van der Waals surface area contributed by atoms with Gasteiger partial charge in [-0.05, 0) is 31.9 Å². The quantitative estimate of drug-likeness (QED) is 0.792. The molecule has 1 saturated heterocycles. The van der Waals surface area contributed by atoms with Crippen LogP contribution >= 0.6 is 11.8 Å². The van der Waals surface area contributed by atoms with Gasteiger partial charge in [-0.15, -0.1) is 0 Å². The Morgan fingerprint density at radius 2 is 2.12 bits per heavy atom. The maximum Gasteiger partial charge on any atom is 0.303 e. The number of carbonyl (C=O) groups is 2. The number of amides is 1. The van der Waals surface area contributed by atoms with Gasteiger partial charge in [0.25, 0.3) is 0 Å². The van der Waals surface area contributed by atoms with Crippen LogP contribution < -0.4 is 0 Å². The van der Waals surface area contributed by atoms with Crippen LogP contribution in [0.2, 0.25) is 0 Å². The van der Waals surface area contributed by atoms with Crippen molar-refractivity contribution in [3.63, 3.8) is 0 Å². The van der Waals surface area contributed by atoms with Crippen molar-refractivity contribution in [1.29, 1.82) is 0 Å². The Bertz CT molecular complexity index is 270. The monoisotopic (exact) mass is 259 g/mol. The molecule has 1 aliphatic rings. The van der Waals surface area contributed by atoms with Crippen molar-refractivity contribution >= 4 is 23.6 Å². The van der Waals surface area contributed by atoms with Gasteiger partial charge in [0.05, 0.1) is 0 Å². The summed E-state index contributed by atoms with van der Waals surface area (Å²) in [4.78, 5) is 24.5. The molecule has 0 bridgehead atoms. The van der Waals surface area contributed by atoms with Crippen molar-refractivity contribution < 1.29 is 14.7 Å². The van der Waals surface area contributed by atoms with Gasteiger partial charge in [0.2, 0.25) is 5.91 Å². The normalized spacial score (nSPS) is 20.3. The molecule has 0 aromatic carbocycles. The zero-order valence-electron chi connectivity index (χ0n) is 10.4. The van der Waals surface area contributed by atoms with Gasteiger partial charge < -0.3 is 10.0 Å². The number of rotatable bonds is 6. The number of thioether (sulfide) groups is 1. The predicted molar refractivity (Wildman–Crippen MR) is 69.2 cm³/mol. The van der Waals surface area contributed by atoms with Gasteiger partial charge in [-0.25, -0.2) is 0 Å². The minimum atomic E-state index is -0.771. The first-order valence-corrected chi connectivity index (χ1v) is 7.54. The van der Waals surface area contributed by atoms with Crippen LogP contribution in [-0.2, 0) is 9.59 Å². The summed E-state index contributed by atoms with van der Waals surface area (Å²) in [5.74, 6) is 0.266. The molecule has 1 atom stereocenters. The number of carboxylic acids is 1. The van der Waals surface area contributed by atoms with Crippen LogP contribution in [0.5, 0.6) is 0 Å². The number of carboxylic acid groups (broad SMARTS) is 1. The summed E-state index contributed by atoms with van der Waals surface area (Å²) < 4.78 is 0. The molecule has 17 heavy (non-hydrogen) atoms. The summed E-state index contributed by atoms with van der Waals surface area (Å²) in [7, 11) is 0. The molecular formula is C12H21NO3S. The molecule has 0 aromatic heterocycles. The first-order valence-electron chi connectivity index (χ1n) is 6.15. The average molecular weight is 259 g/mol. The Labute approximate surface area is 107 Å². The lowest BCUT2D eigenvalue weighted by Crippen LogP contribution is -2.44. The van der Waals surface area contributed by atoms with Crippen LogP contribution in [0.3, 0.4) is 0 Å². The maximum absolute atomic E-state index is 12.0. The van der Waals surface area contributed by atoms with E-state index in [-0.39, 0.29) is 18.4 Å². The van der Waals surface area contributed by atoms with Crippen LogP contribution in [0.4, 0.5) is 0 Å². The standard InChI is InChI=1S/C12H21NO3S/c1-17-9-7-11(14)13-8-3-2-4-10(13)5-6-12(15)16/h10H,2-9H2,1H3,(H,15,16)/t10-/m0/s1. The average Bonchev–Trinajstić information content (AvgIpc) is 2.33. The van der Waals surface area contributed by atoms with Crippen LogP contribution in [0.1, 0.15) is 38.5 Å². The number of carbonyl (C=O) groups excluding carboxylic acids is 1. The van der Waals surface area contributed by atoms with Gasteiger partial charge in [-0.1, -0.05) is 0 Å². The van der Waals surface area contributed by atoms with Crippen molar-refractivity contribution in [3.8, 4) is 0 Å². The second-order valence-corrected chi connectivity index (χ2v) is 5.40. The largest absolute Gasteiger partial charge is 0.481 e. The van der Waals surface area contributed by atoms with Gasteiger partial charge in [-0.3, -0.25) is 9.59 Å². The molecule has 0 saturated carbocycles. The minimum absolute atomic E-state index is 0.147. The highest BCUT2D eigenvalue weighted by molar-refractivity contribution is 7.98. The summed E-state index contributed by atoms with van der Waals surface area (Å²) in [6.07, 6.45) is 6.44. The van der Waals surface area contributed by atoms with E-state index in [2.05, 4.69) is 0 Å². The fraction of sp³-hybridized carbons (Fsp3) is 0.833. The summed E-state index contributed by atoms with van der Waals surface area (Å²) >= 11 is 1.67. The smallest absolute Gasteiger partial charge is 0.303 e. The molecule has 4 nitrogen and oxygen atoms in total. The molecule has 1 fully saturated rings. The number of likely N-dealkylation sites (tertiary alicyclic amines) is 1. The van der Waals surface area contributed by atoms with E-state index in [4.69, 9.17) is 5.11 Å². The lowest BCUT2D eigenvalue weighted by atomic mass is 9.97. The molecule has 1 aliphatic heterocycles. The SMILES string of the molecule is CSCCC(=O)N1CCCC[C@H]1CCC(=O)O. The topological polar surface area (TPSA) is 57.6 Å². The van der Waals surface area contributed by atoms with E-state index in [0.29, 0.717) is 12.8 Å². The van der Waals surface area contributed by atoms with E-state index in [1.54, 1.807) is 11.8 Å². The summed E-state index contributed by atoms with van der Waals surface area (Å²) in [5.41, 5.74) is 0. The third-order valence-electron chi connectivity index (χ3n) is 3.16. The van der Waals surface area contributed by atoms with Crippen molar-refractivity contribution in [3.05, 3.63) is 0 Å². The van der Waals surface area contributed by atoms with Crippen molar-refractivity contribution in [2.24, 2.45) is 0 Å². The lowest BCUT2D eigenvalue weighted by Gasteiger charge is -2.35. The third-order valence-corrected chi connectivity index (χ3v) is 3.77. The highest BCUT2D eigenvalue weighted by Crippen LogP contribution is 2.22. The summed E-state index contributed by atoms with van der Waals surface area (Å²) in [5, 5.41) is 8.70. The molecule has 0 radical (unpaired) electrons. The highest BCUT2D eigenvalue weighted by atomic mass is 32.2. The predicted octanol–water partition coefficient (Wildman–Crippen LogP) is 1.99. The van der Waals surface area contributed by atoms with Crippen molar-refractivity contribution in [1.82, 2.24) is 4.90 Å². The molecule has 1 amide bonds. The van der Waals surface area contributed by atoms with E-state index in [1.165, 1.54) is 0 Å². The Hall–Kier alpha value is -0.710. The molecule has 0 spiro atoms. The van der Waals surface area contributed by atoms with Gasteiger partial charge in [-0.2, -0.15) is 11.8 Å². The molecule has 5 heteroatoms. The Balaban J connectivity index is 2.46. The van der Waals surface area contributed by atoms with Crippen LogP contribution in [-0.4, -0.2) is 46.5 Å². The molecule has 1 heterocycles. The van der Waals surface area contributed by atoms with E-state index in [1.807, 2.05) is 11.2 Å². The number of hydrogen-bond acceptors (Lipinski definition) is 3. The molecule has 0 aromatic rings. The van der Waals surface area contributed by atoms with Crippen LogP contribution in [0.15, 0.2) is 0 Å². The fourth-order valence-electron chi connectivity index (χ4n) is 2.25. The summed E-state index contributed by atoms with van der Waals surface area (Å²) in [6, 6.07) is 0.147. The van der Waals surface area contributed by atoms with Crippen LogP contribution in [0.25, 0.3) is 0 Å². The van der Waals surface area contributed by atoms with E-state index < -0.39 is 5.97 Å². The molecule has 0 aliphatic carbocycles. The van der Waals surface area contributed by atoms with Gasteiger partial charge >= 0.3 is 5.97 Å². The van der Waals surface area contributed by atoms with Crippen LogP contribution in [0, 0.1) is 0 Å². The van der Waals surface area contributed by atoms with Gasteiger partial charge in [0.15, 0.2) is 0 Å². The third kappa shape index (κ3) is 4.98. The van der Waals surface area contributed by atoms with E-state index >= 15 is 0 Å². The molecule has 1 N–H and O–H groups in total. The first-order chi connectivity index (χ1) is 8.15. The molecule has 1 rings (SSSR count). The Morgan fingerprint density at radius 1 is 1.35 bits per heavy atom. The first kappa shape index (κ1) is 14.4. The number of aliphatic carboxylic acids is 1. The fourth-order valence-corrected chi connectivity index (χ4v) is 2.63. The maximum atomic E-state index is 12.0. The zero-order valence-corrected chi connectivity index (χ0v) is 11.2. The zero-order chi connectivity index (χ0) is 12.7. The number of nitrogens with zero attached hydrogens (tertiary/aromatic N) is 1. The molecule has 0 unspecified atom stereocenters. The van der Waals surface area contributed by atoms with E-state index in [9.17, 15) is 9.59 Å². The van der Waals surface area contributed by atoms with E-state index in [0.717, 1.165) is 31.6 Å². The minimum Gasteiger partial charge on any atom is -0.481 e. The number of piperidine rings is 1. The van der Waals surface area contributed by atoms with Crippen molar-refractivity contribution in [2.75, 3.05) is 18.6 Å². The Kier molecular flexibility index (Phi) is 6.40.